The SMILES string of the molecule is COC(=O)/C(=C\c1cccc([N+](=O)[O-])c1)C(=O)CCl. The van der Waals surface area contributed by atoms with Gasteiger partial charge in [0.2, 0.25) is 0 Å². The number of carbonyl (C=O) groups is 2. The fourth-order valence-corrected chi connectivity index (χ4v) is 1.47. The highest BCUT2D eigenvalue weighted by molar-refractivity contribution is 6.35. The van der Waals surface area contributed by atoms with Crippen LogP contribution in [0.3, 0.4) is 0 Å². The summed E-state index contributed by atoms with van der Waals surface area (Å²) in [5, 5.41) is 10.6. The number of ether oxygens (including phenoxy) is 1. The summed E-state index contributed by atoms with van der Waals surface area (Å²) < 4.78 is 4.46. The van der Waals surface area contributed by atoms with Gasteiger partial charge in [0.15, 0.2) is 5.78 Å². The van der Waals surface area contributed by atoms with Crippen molar-refractivity contribution in [3.05, 3.63) is 45.5 Å². The van der Waals surface area contributed by atoms with Crippen LogP contribution in [-0.4, -0.2) is 29.7 Å². The molecular weight excluding hydrogens is 274 g/mol. The van der Waals surface area contributed by atoms with Gasteiger partial charge >= 0.3 is 5.97 Å². The van der Waals surface area contributed by atoms with E-state index < -0.39 is 16.7 Å². The zero-order valence-corrected chi connectivity index (χ0v) is 10.7. The first-order chi connectivity index (χ1) is 8.99. The lowest BCUT2D eigenvalue weighted by Gasteiger charge is -2.02. The highest BCUT2D eigenvalue weighted by atomic mass is 35.5. The summed E-state index contributed by atoms with van der Waals surface area (Å²) in [4.78, 5) is 33.0. The van der Waals surface area contributed by atoms with Gasteiger partial charge in [-0.2, -0.15) is 0 Å². The highest BCUT2D eigenvalue weighted by Crippen LogP contribution is 2.16. The van der Waals surface area contributed by atoms with Gasteiger partial charge in [-0.3, -0.25) is 14.9 Å². The Labute approximate surface area is 113 Å². The van der Waals surface area contributed by atoms with Crippen molar-refractivity contribution >= 4 is 35.1 Å². The number of alkyl halides is 1. The van der Waals surface area contributed by atoms with Crippen LogP contribution < -0.4 is 0 Å². The Morgan fingerprint density at radius 2 is 2.16 bits per heavy atom. The molecule has 6 nitrogen and oxygen atoms in total. The number of halogens is 1. The molecule has 0 heterocycles. The maximum absolute atomic E-state index is 11.5. The summed E-state index contributed by atoms with van der Waals surface area (Å²) in [6.45, 7) is 0. The number of nitro groups is 1. The number of hydrogen-bond acceptors (Lipinski definition) is 5. The largest absolute Gasteiger partial charge is 0.465 e. The van der Waals surface area contributed by atoms with Gasteiger partial charge in [0.05, 0.1) is 17.9 Å². The van der Waals surface area contributed by atoms with E-state index in [0.717, 1.165) is 7.11 Å². The summed E-state index contributed by atoms with van der Waals surface area (Å²) in [6.07, 6.45) is 1.21. The van der Waals surface area contributed by atoms with Crippen LogP contribution in [0.2, 0.25) is 0 Å². The minimum absolute atomic E-state index is 0.142. The zero-order valence-electron chi connectivity index (χ0n) is 9.96. The van der Waals surface area contributed by atoms with Gasteiger partial charge in [-0.1, -0.05) is 12.1 Å². The van der Waals surface area contributed by atoms with Gasteiger partial charge in [-0.15, -0.1) is 11.6 Å². The first-order valence-electron chi connectivity index (χ1n) is 5.13. The van der Waals surface area contributed by atoms with Crippen LogP contribution in [0.4, 0.5) is 5.69 Å². The molecule has 0 aliphatic carbocycles. The van der Waals surface area contributed by atoms with Gasteiger partial charge in [-0.05, 0) is 11.6 Å². The van der Waals surface area contributed by atoms with E-state index >= 15 is 0 Å². The molecule has 0 fully saturated rings. The topological polar surface area (TPSA) is 86.5 Å². The molecule has 0 aliphatic heterocycles. The molecule has 1 aromatic carbocycles. The first kappa shape index (κ1) is 14.8. The summed E-state index contributed by atoms with van der Waals surface area (Å²) >= 11 is 5.39. The van der Waals surface area contributed by atoms with Gasteiger partial charge in [0, 0.05) is 12.1 Å². The number of nitro benzene ring substituents is 1. The van der Waals surface area contributed by atoms with Gasteiger partial charge in [-0.25, -0.2) is 4.79 Å². The van der Waals surface area contributed by atoms with E-state index in [-0.39, 0.29) is 17.1 Å². The third-order valence-corrected chi connectivity index (χ3v) is 2.46. The molecule has 100 valence electrons. The van der Waals surface area contributed by atoms with Crippen molar-refractivity contribution in [3.8, 4) is 0 Å². The Hall–Kier alpha value is -2.21. The summed E-state index contributed by atoms with van der Waals surface area (Å²) in [6, 6.07) is 5.52. The molecule has 0 bridgehead atoms. The van der Waals surface area contributed by atoms with Crippen LogP contribution in [0.1, 0.15) is 5.56 Å². The highest BCUT2D eigenvalue weighted by Gasteiger charge is 2.18. The van der Waals surface area contributed by atoms with E-state index in [4.69, 9.17) is 11.6 Å². The molecule has 0 spiro atoms. The van der Waals surface area contributed by atoms with E-state index in [1.807, 2.05) is 0 Å². The van der Waals surface area contributed by atoms with Gasteiger partial charge in [0.25, 0.3) is 5.69 Å². The van der Waals surface area contributed by atoms with Crippen molar-refractivity contribution in [3.63, 3.8) is 0 Å². The van der Waals surface area contributed by atoms with E-state index in [1.165, 1.54) is 30.3 Å². The third-order valence-electron chi connectivity index (χ3n) is 2.22. The average molecular weight is 284 g/mol. The predicted octanol–water partition coefficient (Wildman–Crippen LogP) is 1.96. The summed E-state index contributed by atoms with van der Waals surface area (Å²) in [5.74, 6) is -1.83. The molecule has 0 atom stereocenters. The number of nitrogens with zero attached hydrogens (tertiary/aromatic N) is 1. The van der Waals surface area contributed by atoms with Crippen molar-refractivity contribution in [2.45, 2.75) is 0 Å². The van der Waals surface area contributed by atoms with Crippen LogP contribution in [0, 0.1) is 10.1 Å². The van der Waals surface area contributed by atoms with Crippen LogP contribution in [0.25, 0.3) is 6.08 Å². The molecule has 1 aromatic rings. The summed E-state index contributed by atoms with van der Waals surface area (Å²) in [7, 11) is 1.13. The van der Waals surface area contributed by atoms with Crippen LogP contribution >= 0.6 is 11.6 Å². The Bertz CT molecular complexity index is 535. The fraction of sp³-hybridized carbons (Fsp3) is 0.167. The van der Waals surface area contributed by atoms with Gasteiger partial charge < -0.3 is 4.74 Å². The third kappa shape index (κ3) is 3.89. The number of methoxy groups -OCH3 is 1. The Morgan fingerprint density at radius 1 is 1.47 bits per heavy atom. The molecular formula is C12H10ClNO5. The molecule has 0 N–H and O–H groups in total. The second-order valence-electron chi connectivity index (χ2n) is 3.46. The second-order valence-corrected chi connectivity index (χ2v) is 3.73. The fourth-order valence-electron chi connectivity index (χ4n) is 1.33. The molecule has 0 saturated carbocycles. The number of benzene rings is 1. The smallest absolute Gasteiger partial charge is 0.341 e. The molecule has 0 aromatic heterocycles. The number of hydrogen-bond donors (Lipinski definition) is 0. The molecule has 19 heavy (non-hydrogen) atoms. The van der Waals surface area contributed by atoms with E-state index in [0.29, 0.717) is 5.56 Å². The van der Waals surface area contributed by atoms with Crippen molar-refractivity contribution < 1.29 is 19.2 Å². The lowest BCUT2D eigenvalue weighted by molar-refractivity contribution is -0.384. The normalized spacial score (nSPS) is 10.9. The Kier molecular flexibility index (Phi) is 5.20. The predicted molar refractivity (Wildman–Crippen MR) is 68.8 cm³/mol. The van der Waals surface area contributed by atoms with Crippen LogP contribution in [-0.2, 0) is 14.3 Å². The second kappa shape index (κ2) is 6.65. The van der Waals surface area contributed by atoms with E-state index in [1.54, 1.807) is 0 Å². The number of carbonyl (C=O) groups excluding carboxylic acids is 2. The lowest BCUT2D eigenvalue weighted by atomic mass is 10.1. The molecule has 0 radical (unpaired) electrons. The maximum Gasteiger partial charge on any atom is 0.341 e. The first-order valence-corrected chi connectivity index (χ1v) is 5.66. The Balaban J connectivity index is 3.22. The maximum atomic E-state index is 11.5. The molecule has 7 heteroatoms. The molecule has 1 rings (SSSR count). The van der Waals surface area contributed by atoms with Crippen molar-refractivity contribution in [2.75, 3.05) is 13.0 Å². The Morgan fingerprint density at radius 3 is 2.68 bits per heavy atom. The number of rotatable bonds is 5. The standard InChI is InChI=1S/C12H10ClNO5/c1-19-12(16)10(11(15)7-13)6-8-3-2-4-9(5-8)14(17)18/h2-6H,7H2,1H3/b10-6-. The van der Waals surface area contributed by atoms with Crippen molar-refractivity contribution in [1.82, 2.24) is 0 Å². The minimum Gasteiger partial charge on any atom is -0.465 e. The summed E-state index contributed by atoms with van der Waals surface area (Å²) in [5.41, 5.74) is -0.0534. The minimum atomic E-state index is -0.836. The number of esters is 1. The molecule has 0 unspecified atom stereocenters. The number of Topliss-reactive ketones (excluding diaryl/α,β-unsaturated/α-hetero) is 1. The molecule has 0 amide bonds. The molecule has 0 aliphatic rings. The van der Waals surface area contributed by atoms with Crippen LogP contribution in [0.15, 0.2) is 29.8 Å². The zero-order chi connectivity index (χ0) is 14.4. The molecule has 0 saturated heterocycles. The van der Waals surface area contributed by atoms with E-state index in [2.05, 4.69) is 4.74 Å². The number of ketones is 1. The van der Waals surface area contributed by atoms with Crippen molar-refractivity contribution in [1.29, 1.82) is 0 Å². The van der Waals surface area contributed by atoms with Crippen molar-refractivity contribution in [2.24, 2.45) is 0 Å². The van der Waals surface area contributed by atoms with Gasteiger partial charge in [0.1, 0.15) is 5.57 Å². The van der Waals surface area contributed by atoms with E-state index in [9.17, 15) is 19.7 Å². The monoisotopic (exact) mass is 283 g/mol. The quantitative estimate of drug-likeness (QED) is 0.157. The average Bonchev–Trinajstić information content (AvgIpc) is 2.43. The lowest BCUT2D eigenvalue weighted by Crippen LogP contribution is -2.15. The number of non-ortho nitro benzene ring substituents is 1. The van der Waals surface area contributed by atoms with Crippen LogP contribution in [0.5, 0.6) is 0 Å².